The number of nitrogens with zero attached hydrogens (tertiary/aromatic N) is 2. The molecule has 0 radical (unpaired) electrons. The molecule has 1 aliphatic heterocycles. The van der Waals surface area contributed by atoms with Gasteiger partial charge in [0, 0.05) is 0 Å². The number of aryl methyl sites for hydroxylation is 1. The van der Waals surface area contributed by atoms with Crippen LogP contribution in [0, 0.1) is 30.6 Å². The van der Waals surface area contributed by atoms with Gasteiger partial charge in [-0.15, -0.1) is 0 Å². The van der Waals surface area contributed by atoms with Crippen LogP contribution in [0.4, 0.5) is 0 Å². The molecule has 3 aliphatic rings. The van der Waals surface area contributed by atoms with Crippen LogP contribution in [0.1, 0.15) is 23.1 Å². The Kier molecular flexibility index (Phi) is 5.34. The van der Waals surface area contributed by atoms with E-state index >= 15 is 0 Å². The maximum Gasteiger partial charge on any atom is 0.254 e. The number of allylic oxidation sites excluding steroid dienone is 2. The highest BCUT2D eigenvalue weighted by Gasteiger charge is 2.59. The molecule has 1 saturated carbocycles. The molecule has 0 spiro atoms. The normalized spacial score (nSPS) is 26.4. The second-order valence-corrected chi connectivity index (χ2v) is 10.0. The number of fused-ring (bicyclic) bond motifs is 5. The van der Waals surface area contributed by atoms with Gasteiger partial charge in [0.2, 0.25) is 0 Å². The van der Waals surface area contributed by atoms with E-state index in [-0.39, 0.29) is 35.5 Å². The van der Waals surface area contributed by atoms with Crippen molar-refractivity contribution in [2.45, 2.75) is 20.0 Å². The highest BCUT2D eigenvalue weighted by molar-refractivity contribution is 9.11. The van der Waals surface area contributed by atoms with E-state index in [0.717, 1.165) is 31.5 Å². The standard InChI is InChI=1S/C24H20Br2N2O3/c1-13-3-2-4-14(7-13)12-31-22-18(25)8-15(9-19(22)26)11-27-28-23(29)20-16-5-6-17(10-16)21(20)24(28)30/h2-9,11,16-17,20-21H,10,12H2,1H3/t16-,17-,20-,21+/m0/s1. The van der Waals surface area contributed by atoms with Gasteiger partial charge in [0.05, 0.1) is 27.0 Å². The van der Waals surface area contributed by atoms with E-state index in [2.05, 4.69) is 55.2 Å². The molecule has 2 fully saturated rings. The number of hydrogen-bond donors (Lipinski definition) is 0. The first kappa shape index (κ1) is 20.6. The van der Waals surface area contributed by atoms with Crippen LogP contribution in [0.2, 0.25) is 0 Å². The van der Waals surface area contributed by atoms with E-state index in [1.165, 1.54) is 5.56 Å². The van der Waals surface area contributed by atoms with E-state index in [9.17, 15) is 9.59 Å². The first-order chi connectivity index (χ1) is 14.9. The molecular formula is C24H20Br2N2O3. The number of imide groups is 1. The zero-order chi connectivity index (χ0) is 21.7. The van der Waals surface area contributed by atoms with Crippen molar-refractivity contribution < 1.29 is 14.3 Å². The third-order valence-electron chi connectivity index (χ3n) is 6.26. The summed E-state index contributed by atoms with van der Waals surface area (Å²) < 4.78 is 7.51. The summed E-state index contributed by atoms with van der Waals surface area (Å²) in [6.07, 6.45) is 6.61. The fourth-order valence-corrected chi connectivity index (χ4v) is 6.32. The molecule has 2 amide bonds. The predicted octanol–water partition coefficient (Wildman–Crippen LogP) is 5.24. The molecule has 5 nitrogen and oxygen atoms in total. The molecule has 2 aromatic carbocycles. The largest absolute Gasteiger partial charge is 0.487 e. The Morgan fingerprint density at radius 2 is 1.71 bits per heavy atom. The number of halogens is 2. The Balaban J connectivity index is 1.31. The van der Waals surface area contributed by atoms with Crippen molar-refractivity contribution in [2.75, 3.05) is 0 Å². The summed E-state index contributed by atoms with van der Waals surface area (Å²) in [7, 11) is 0. The van der Waals surface area contributed by atoms with Gasteiger partial charge in [0.15, 0.2) is 0 Å². The molecule has 158 valence electrons. The summed E-state index contributed by atoms with van der Waals surface area (Å²) in [6.45, 7) is 2.50. The highest BCUT2D eigenvalue weighted by atomic mass is 79.9. The molecule has 31 heavy (non-hydrogen) atoms. The molecule has 2 aromatic rings. The number of carbonyl (C=O) groups is 2. The molecule has 0 aromatic heterocycles. The van der Waals surface area contributed by atoms with Crippen molar-refractivity contribution in [2.24, 2.45) is 28.8 Å². The van der Waals surface area contributed by atoms with E-state index in [1.807, 2.05) is 37.3 Å². The molecular weight excluding hydrogens is 524 g/mol. The molecule has 5 rings (SSSR count). The molecule has 2 aliphatic carbocycles. The number of hydrazone groups is 1. The van der Waals surface area contributed by atoms with E-state index < -0.39 is 0 Å². The van der Waals surface area contributed by atoms with Gasteiger partial charge in [-0.2, -0.15) is 10.1 Å². The molecule has 2 bridgehead atoms. The summed E-state index contributed by atoms with van der Waals surface area (Å²) in [5, 5.41) is 5.31. The zero-order valence-electron chi connectivity index (χ0n) is 16.8. The Morgan fingerprint density at radius 3 is 2.32 bits per heavy atom. The average Bonchev–Trinajstić information content (AvgIpc) is 3.40. The molecule has 1 saturated heterocycles. The van der Waals surface area contributed by atoms with Crippen molar-refractivity contribution >= 4 is 49.9 Å². The lowest BCUT2D eigenvalue weighted by molar-refractivity contribution is -0.140. The van der Waals surface area contributed by atoms with Gasteiger partial charge in [-0.05, 0) is 80.3 Å². The second-order valence-electron chi connectivity index (χ2n) is 8.32. The van der Waals surface area contributed by atoms with Crippen LogP contribution in [-0.4, -0.2) is 23.0 Å². The Bertz CT molecular complexity index is 1090. The van der Waals surface area contributed by atoms with Gasteiger partial charge in [0.1, 0.15) is 12.4 Å². The van der Waals surface area contributed by atoms with Gasteiger partial charge in [-0.1, -0.05) is 42.0 Å². The van der Waals surface area contributed by atoms with Crippen LogP contribution >= 0.6 is 31.9 Å². The SMILES string of the molecule is Cc1cccc(COc2c(Br)cc(C=NN3C(=O)[C@@H]4[C@H](C3=O)[C@H]3C=C[C@H]4C3)cc2Br)c1. The van der Waals surface area contributed by atoms with E-state index in [0.29, 0.717) is 12.4 Å². The summed E-state index contributed by atoms with van der Waals surface area (Å²) in [5.41, 5.74) is 3.02. The van der Waals surface area contributed by atoms with Crippen LogP contribution in [0.5, 0.6) is 5.75 Å². The van der Waals surface area contributed by atoms with Gasteiger partial charge in [-0.3, -0.25) is 9.59 Å². The van der Waals surface area contributed by atoms with Gasteiger partial charge >= 0.3 is 0 Å². The number of hydrogen-bond acceptors (Lipinski definition) is 4. The van der Waals surface area contributed by atoms with Gasteiger partial charge in [0.25, 0.3) is 11.8 Å². The predicted molar refractivity (Wildman–Crippen MR) is 125 cm³/mol. The quantitative estimate of drug-likeness (QED) is 0.294. The summed E-state index contributed by atoms with van der Waals surface area (Å²) in [6, 6.07) is 11.9. The maximum absolute atomic E-state index is 12.8. The van der Waals surface area contributed by atoms with Crippen molar-refractivity contribution in [3.8, 4) is 5.75 Å². The Hall–Kier alpha value is -2.25. The van der Waals surface area contributed by atoms with Crippen LogP contribution in [0.3, 0.4) is 0 Å². The third-order valence-corrected chi connectivity index (χ3v) is 7.43. The Morgan fingerprint density at radius 1 is 1.06 bits per heavy atom. The van der Waals surface area contributed by atoms with Crippen molar-refractivity contribution in [3.63, 3.8) is 0 Å². The Labute approximate surface area is 197 Å². The summed E-state index contributed by atoms with van der Waals surface area (Å²) >= 11 is 7.11. The third kappa shape index (κ3) is 3.68. The first-order valence-corrected chi connectivity index (χ1v) is 11.8. The highest BCUT2D eigenvalue weighted by Crippen LogP contribution is 2.52. The van der Waals surface area contributed by atoms with Crippen LogP contribution in [-0.2, 0) is 16.2 Å². The number of benzene rings is 2. The lowest BCUT2D eigenvalue weighted by atomic mass is 9.85. The molecule has 4 atom stereocenters. The minimum absolute atomic E-state index is 0.180. The topological polar surface area (TPSA) is 59.0 Å². The van der Waals surface area contributed by atoms with Crippen LogP contribution in [0.25, 0.3) is 0 Å². The summed E-state index contributed by atoms with van der Waals surface area (Å²) in [4.78, 5) is 25.5. The minimum atomic E-state index is -0.240. The lowest BCUT2D eigenvalue weighted by Crippen LogP contribution is -2.28. The second kappa shape index (κ2) is 8.02. The average molecular weight is 544 g/mol. The summed E-state index contributed by atoms with van der Waals surface area (Å²) in [5.74, 6) is 0.202. The number of carbonyl (C=O) groups excluding carboxylic acids is 2. The number of amides is 2. The monoisotopic (exact) mass is 542 g/mol. The van der Waals surface area contributed by atoms with Gasteiger partial charge < -0.3 is 4.74 Å². The minimum Gasteiger partial charge on any atom is -0.487 e. The number of rotatable bonds is 5. The molecule has 0 N–H and O–H groups in total. The van der Waals surface area contributed by atoms with Crippen molar-refractivity contribution in [1.29, 1.82) is 0 Å². The zero-order valence-corrected chi connectivity index (χ0v) is 20.0. The molecule has 0 unspecified atom stereocenters. The van der Waals surface area contributed by atoms with Gasteiger partial charge in [-0.25, -0.2) is 0 Å². The number of ether oxygens (including phenoxy) is 1. The lowest BCUT2D eigenvalue weighted by Gasteiger charge is -2.13. The smallest absolute Gasteiger partial charge is 0.254 e. The van der Waals surface area contributed by atoms with E-state index in [1.54, 1.807) is 6.21 Å². The fourth-order valence-electron chi connectivity index (χ4n) is 4.87. The van der Waals surface area contributed by atoms with Crippen molar-refractivity contribution in [1.82, 2.24) is 5.01 Å². The first-order valence-electron chi connectivity index (χ1n) is 10.2. The van der Waals surface area contributed by atoms with E-state index in [4.69, 9.17) is 4.74 Å². The van der Waals surface area contributed by atoms with Crippen LogP contribution in [0.15, 0.2) is 62.6 Å². The van der Waals surface area contributed by atoms with Crippen molar-refractivity contribution in [3.05, 3.63) is 74.2 Å². The molecule has 7 heteroatoms. The van der Waals surface area contributed by atoms with Crippen LogP contribution < -0.4 is 4.74 Å². The fraction of sp³-hybridized carbons (Fsp3) is 0.292. The molecule has 1 heterocycles. The maximum atomic E-state index is 12.8.